The number of likely N-dealkylation sites (N-methyl/N-ethyl adjacent to an activating group) is 2. The molecule has 154 valence electrons. The van der Waals surface area contributed by atoms with Gasteiger partial charge in [0.1, 0.15) is 5.82 Å². The molecule has 0 aliphatic carbocycles. The Bertz CT molecular complexity index is 949. The number of para-hydroxylation sites is 1. The first-order valence-corrected chi connectivity index (χ1v) is 9.41. The van der Waals surface area contributed by atoms with Crippen molar-refractivity contribution in [2.75, 3.05) is 32.1 Å². The number of aliphatic imine (C=N–C) groups is 2. The number of fused-ring (bicyclic) bond motifs is 1. The van der Waals surface area contributed by atoms with Crippen molar-refractivity contribution in [3.63, 3.8) is 0 Å². The van der Waals surface area contributed by atoms with E-state index in [1.54, 1.807) is 6.92 Å². The molecule has 8 heteroatoms. The predicted octanol–water partition coefficient (Wildman–Crippen LogP) is 1.73. The fourth-order valence-electron chi connectivity index (χ4n) is 2.93. The first kappa shape index (κ1) is 22.0. The lowest BCUT2D eigenvalue weighted by Crippen LogP contribution is -2.30. The molecule has 1 amide bonds. The highest BCUT2D eigenvalue weighted by Crippen LogP contribution is 2.25. The normalized spacial score (nSPS) is 12.1. The van der Waals surface area contributed by atoms with Crippen molar-refractivity contribution in [1.82, 2.24) is 15.6 Å². The topological polar surface area (TPSA) is 108 Å². The Morgan fingerprint density at radius 3 is 2.83 bits per heavy atom. The summed E-state index contributed by atoms with van der Waals surface area (Å²) in [6, 6.07) is 8.12. The molecule has 1 heterocycles. The first-order valence-electron chi connectivity index (χ1n) is 9.41. The molecular weight excluding hydrogens is 366 g/mol. The molecule has 0 atom stereocenters. The van der Waals surface area contributed by atoms with E-state index in [1.165, 1.54) is 6.21 Å². The molecule has 2 aromatic rings. The van der Waals surface area contributed by atoms with Crippen LogP contribution >= 0.6 is 0 Å². The number of aryl methyl sites for hydroxylation is 1. The Morgan fingerprint density at radius 2 is 2.17 bits per heavy atom. The van der Waals surface area contributed by atoms with Crippen LogP contribution in [-0.2, 0) is 11.3 Å². The van der Waals surface area contributed by atoms with Crippen LogP contribution < -0.4 is 21.3 Å². The van der Waals surface area contributed by atoms with Crippen molar-refractivity contribution in [3.05, 3.63) is 46.9 Å². The average molecular weight is 396 g/mol. The summed E-state index contributed by atoms with van der Waals surface area (Å²) in [4.78, 5) is 27.2. The van der Waals surface area contributed by atoms with Gasteiger partial charge in [-0.3, -0.25) is 9.79 Å². The molecule has 0 bridgehead atoms. The lowest BCUT2D eigenvalue weighted by atomic mass is 10.1. The van der Waals surface area contributed by atoms with Gasteiger partial charge >= 0.3 is 0 Å². The van der Waals surface area contributed by atoms with Crippen molar-refractivity contribution >= 4 is 35.6 Å². The van der Waals surface area contributed by atoms with Crippen molar-refractivity contribution in [2.45, 2.75) is 20.4 Å². The first-order chi connectivity index (χ1) is 13.9. The van der Waals surface area contributed by atoms with Gasteiger partial charge in [0, 0.05) is 43.8 Å². The minimum Gasteiger partial charge on any atom is -0.382 e. The van der Waals surface area contributed by atoms with Gasteiger partial charge in [0.2, 0.25) is 0 Å². The van der Waals surface area contributed by atoms with Gasteiger partial charge in [-0.1, -0.05) is 18.2 Å². The molecule has 2 rings (SSSR count). The zero-order valence-electron chi connectivity index (χ0n) is 17.5. The lowest BCUT2D eigenvalue weighted by Gasteiger charge is -2.22. The molecule has 0 radical (unpaired) electrons. The number of carbonyl (C=O) groups excluding carboxylic acids is 1. The van der Waals surface area contributed by atoms with E-state index in [-0.39, 0.29) is 18.1 Å². The highest BCUT2D eigenvalue weighted by molar-refractivity contribution is 5.95. The number of hydrogen-bond donors (Lipinski definition) is 3. The molecular formula is C21H29N7O. The van der Waals surface area contributed by atoms with Gasteiger partial charge in [0.05, 0.1) is 5.52 Å². The van der Waals surface area contributed by atoms with E-state index >= 15 is 0 Å². The quantitative estimate of drug-likeness (QED) is 0.443. The number of nitrogens with two attached hydrogens (primary N) is 1. The van der Waals surface area contributed by atoms with E-state index in [0.717, 1.165) is 40.9 Å². The molecule has 0 saturated carbocycles. The van der Waals surface area contributed by atoms with Crippen molar-refractivity contribution < 1.29 is 4.79 Å². The summed E-state index contributed by atoms with van der Waals surface area (Å²) < 4.78 is 0. The standard InChI is InChI=1S/C21H29N7O/c1-6-25-18(19(22)24-4)21(29)26-13-16-12-15-9-7-8-14(2)17(15)27-20(16)28(5)11-10-23-3/h6-9,12,23H,4,10-11,13,22H2,1-3,5H3,(H,26,29)/b19-18-,25-6?. The van der Waals surface area contributed by atoms with E-state index in [0.29, 0.717) is 0 Å². The van der Waals surface area contributed by atoms with Gasteiger partial charge in [0.15, 0.2) is 11.5 Å². The van der Waals surface area contributed by atoms with E-state index in [4.69, 9.17) is 10.7 Å². The largest absolute Gasteiger partial charge is 0.382 e. The number of aromatic nitrogens is 1. The average Bonchev–Trinajstić information content (AvgIpc) is 2.73. The smallest absolute Gasteiger partial charge is 0.273 e. The van der Waals surface area contributed by atoms with Crippen LogP contribution in [0.25, 0.3) is 10.9 Å². The minimum absolute atomic E-state index is 0.0146. The number of pyridine rings is 1. The number of benzene rings is 1. The minimum atomic E-state index is -0.416. The number of amides is 1. The molecule has 29 heavy (non-hydrogen) atoms. The van der Waals surface area contributed by atoms with Crippen LogP contribution in [0.15, 0.2) is 45.8 Å². The van der Waals surface area contributed by atoms with Crippen LogP contribution in [-0.4, -0.2) is 51.0 Å². The summed E-state index contributed by atoms with van der Waals surface area (Å²) in [7, 11) is 3.90. The summed E-state index contributed by atoms with van der Waals surface area (Å²) in [5.74, 6) is 0.391. The molecule has 0 aliphatic rings. The SMILES string of the molecule is C=N/C(N)=C(\N=CC)C(=O)NCc1cc2cccc(C)c2nc1N(C)CCNC. The predicted molar refractivity (Wildman–Crippen MR) is 120 cm³/mol. The number of carbonyl (C=O) groups is 1. The summed E-state index contributed by atoms with van der Waals surface area (Å²) in [5, 5.41) is 7.04. The Labute approximate surface area is 171 Å². The van der Waals surface area contributed by atoms with Gasteiger partial charge in [-0.2, -0.15) is 0 Å². The molecule has 0 fully saturated rings. The second-order valence-electron chi connectivity index (χ2n) is 6.60. The Morgan fingerprint density at radius 1 is 1.41 bits per heavy atom. The number of nitrogens with zero attached hydrogens (tertiary/aromatic N) is 4. The molecule has 0 spiro atoms. The fraction of sp³-hybridized carbons (Fsp3) is 0.333. The van der Waals surface area contributed by atoms with Gasteiger partial charge < -0.3 is 21.3 Å². The van der Waals surface area contributed by atoms with Crippen LogP contribution in [0.5, 0.6) is 0 Å². The van der Waals surface area contributed by atoms with E-state index in [9.17, 15) is 4.79 Å². The Balaban J connectivity index is 2.39. The molecule has 8 nitrogen and oxygen atoms in total. The molecule has 1 aromatic carbocycles. The molecule has 4 N–H and O–H groups in total. The maximum absolute atomic E-state index is 12.6. The van der Waals surface area contributed by atoms with Gasteiger partial charge in [-0.05, 0) is 39.2 Å². The second-order valence-corrected chi connectivity index (χ2v) is 6.60. The van der Waals surface area contributed by atoms with Crippen LogP contribution in [0, 0.1) is 6.92 Å². The summed E-state index contributed by atoms with van der Waals surface area (Å²) in [6.07, 6.45) is 1.49. The third kappa shape index (κ3) is 5.39. The van der Waals surface area contributed by atoms with E-state index in [1.807, 2.05) is 39.2 Å². The van der Waals surface area contributed by atoms with Crippen LogP contribution in [0.4, 0.5) is 5.82 Å². The van der Waals surface area contributed by atoms with Crippen molar-refractivity contribution in [3.8, 4) is 0 Å². The number of nitrogens with one attached hydrogen (secondary N) is 2. The third-order valence-electron chi connectivity index (χ3n) is 4.49. The van der Waals surface area contributed by atoms with Crippen molar-refractivity contribution in [2.24, 2.45) is 15.7 Å². The number of anilines is 1. The van der Waals surface area contributed by atoms with E-state index < -0.39 is 5.91 Å². The lowest BCUT2D eigenvalue weighted by molar-refractivity contribution is -0.117. The third-order valence-corrected chi connectivity index (χ3v) is 4.49. The fourth-order valence-corrected chi connectivity index (χ4v) is 2.93. The van der Waals surface area contributed by atoms with E-state index in [2.05, 4.69) is 38.3 Å². The van der Waals surface area contributed by atoms with Crippen LogP contribution in [0.1, 0.15) is 18.1 Å². The molecule has 0 saturated heterocycles. The summed E-state index contributed by atoms with van der Waals surface area (Å²) >= 11 is 0. The van der Waals surface area contributed by atoms with Gasteiger partial charge in [0.25, 0.3) is 5.91 Å². The van der Waals surface area contributed by atoms with Gasteiger partial charge in [-0.25, -0.2) is 9.98 Å². The highest BCUT2D eigenvalue weighted by atomic mass is 16.2. The molecule has 1 aromatic heterocycles. The maximum Gasteiger partial charge on any atom is 0.273 e. The zero-order chi connectivity index (χ0) is 21.4. The van der Waals surface area contributed by atoms with Crippen molar-refractivity contribution in [1.29, 1.82) is 0 Å². The maximum atomic E-state index is 12.6. The summed E-state index contributed by atoms with van der Waals surface area (Å²) in [6.45, 7) is 8.98. The number of rotatable bonds is 9. The molecule has 0 aliphatic heterocycles. The summed E-state index contributed by atoms with van der Waals surface area (Å²) in [5.41, 5.74) is 8.74. The second kappa shape index (κ2) is 10.3. The molecule has 0 unspecified atom stereocenters. The monoisotopic (exact) mass is 395 g/mol. The van der Waals surface area contributed by atoms with Gasteiger partial charge in [-0.15, -0.1) is 0 Å². The number of hydrogen-bond acceptors (Lipinski definition) is 7. The zero-order valence-corrected chi connectivity index (χ0v) is 17.5. The Kier molecular flexibility index (Phi) is 7.85. The Hall–Kier alpha value is -3.26. The van der Waals surface area contributed by atoms with Crippen LogP contribution in [0.3, 0.4) is 0 Å². The highest BCUT2D eigenvalue weighted by Gasteiger charge is 2.16. The van der Waals surface area contributed by atoms with Crippen LogP contribution in [0.2, 0.25) is 0 Å².